The molecular formula is C18H15BrN2O3. The third-order valence-electron chi connectivity index (χ3n) is 3.63. The van der Waals surface area contributed by atoms with E-state index in [1.165, 1.54) is 0 Å². The number of hydrogen-bond donors (Lipinski definition) is 2. The fraction of sp³-hybridized carbons (Fsp3) is 0.111. The molecule has 6 heteroatoms. The Bertz CT molecular complexity index is 900. The summed E-state index contributed by atoms with van der Waals surface area (Å²) in [6.07, 6.45) is 0.903. The van der Waals surface area contributed by atoms with Crippen LogP contribution in [0.1, 0.15) is 33.4 Å². The molecule has 5 nitrogen and oxygen atoms in total. The Hall–Kier alpha value is -2.60. The first kappa shape index (κ1) is 16.3. The van der Waals surface area contributed by atoms with Crippen molar-refractivity contribution in [3.05, 3.63) is 69.9 Å². The van der Waals surface area contributed by atoms with Gasteiger partial charge in [0, 0.05) is 10.9 Å². The van der Waals surface area contributed by atoms with Gasteiger partial charge in [0.2, 0.25) is 0 Å². The molecule has 3 aromatic rings. The highest BCUT2D eigenvalue weighted by Gasteiger charge is 2.15. The van der Waals surface area contributed by atoms with Gasteiger partial charge in [-0.15, -0.1) is 0 Å². The van der Waals surface area contributed by atoms with E-state index in [-0.39, 0.29) is 11.7 Å². The minimum atomic E-state index is -0.517. The molecule has 1 aromatic heterocycles. The van der Waals surface area contributed by atoms with Gasteiger partial charge in [0.1, 0.15) is 5.58 Å². The number of carbonyl (C=O) groups excluding carboxylic acids is 2. The van der Waals surface area contributed by atoms with Crippen LogP contribution in [0, 0.1) is 0 Å². The number of fused-ring (bicyclic) bond motifs is 1. The number of hydrogen-bond acceptors (Lipinski definition) is 3. The second kappa shape index (κ2) is 6.88. The quantitative estimate of drug-likeness (QED) is 0.671. The number of furan rings is 1. The molecule has 0 fully saturated rings. The summed E-state index contributed by atoms with van der Waals surface area (Å²) in [7, 11) is 0. The number of halogens is 1. The predicted octanol–water partition coefficient (Wildman–Crippen LogP) is 3.83. The summed E-state index contributed by atoms with van der Waals surface area (Å²) in [5.41, 5.74) is 6.94. The highest BCUT2D eigenvalue weighted by atomic mass is 79.9. The van der Waals surface area contributed by atoms with Gasteiger partial charge in [0.15, 0.2) is 5.76 Å². The average molecular weight is 387 g/mol. The molecule has 3 rings (SSSR count). The van der Waals surface area contributed by atoms with Gasteiger partial charge in [-0.3, -0.25) is 20.4 Å². The van der Waals surface area contributed by atoms with E-state index >= 15 is 0 Å². The molecule has 0 aliphatic carbocycles. The van der Waals surface area contributed by atoms with Crippen molar-refractivity contribution in [1.82, 2.24) is 10.9 Å². The van der Waals surface area contributed by atoms with E-state index in [0.717, 1.165) is 21.8 Å². The van der Waals surface area contributed by atoms with Crippen molar-refractivity contribution in [3.63, 3.8) is 0 Å². The minimum absolute atomic E-state index is 0.124. The first-order chi connectivity index (χ1) is 11.6. The van der Waals surface area contributed by atoms with E-state index < -0.39 is 5.91 Å². The Kier molecular flexibility index (Phi) is 4.66. The lowest BCUT2D eigenvalue weighted by Crippen LogP contribution is -2.41. The highest BCUT2D eigenvalue weighted by Crippen LogP contribution is 2.26. The van der Waals surface area contributed by atoms with E-state index in [4.69, 9.17) is 4.42 Å². The summed E-state index contributed by atoms with van der Waals surface area (Å²) < 4.78 is 6.28. The Morgan fingerprint density at radius 2 is 1.75 bits per heavy atom. The van der Waals surface area contributed by atoms with Crippen LogP contribution < -0.4 is 10.9 Å². The number of para-hydroxylation sites is 1. The van der Waals surface area contributed by atoms with E-state index in [2.05, 4.69) is 26.8 Å². The van der Waals surface area contributed by atoms with Crippen LogP contribution in [0.15, 0.2) is 57.4 Å². The van der Waals surface area contributed by atoms with E-state index in [1.54, 1.807) is 18.2 Å². The molecule has 0 aliphatic rings. The van der Waals surface area contributed by atoms with Gasteiger partial charge in [-0.05, 0) is 52.2 Å². The summed E-state index contributed by atoms with van der Waals surface area (Å²) in [6.45, 7) is 2.04. The number of rotatable bonds is 3. The fourth-order valence-corrected chi connectivity index (χ4v) is 2.74. The topological polar surface area (TPSA) is 71.3 Å². The van der Waals surface area contributed by atoms with Crippen LogP contribution in [-0.4, -0.2) is 11.8 Å². The highest BCUT2D eigenvalue weighted by molar-refractivity contribution is 9.10. The predicted molar refractivity (Wildman–Crippen MR) is 94.7 cm³/mol. The Morgan fingerprint density at radius 3 is 2.42 bits per heavy atom. The number of amides is 2. The fourth-order valence-electron chi connectivity index (χ4n) is 2.28. The standard InChI is InChI=1S/C18H15BrN2O3/c1-2-11-6-8-12(9-7-11)17(22)20-21-18(23)15-10-13-4-3-5-14(19)16(13)24-15/h3-10H,2H2,1H3,(H,20,22)(H,21,23). The molecule has 0 aliphatic heterocycles. The number of benzene rings is 2. The van der Waals surface area contributed by atoms with Gasteiger partial charge in [0.25, 0.3) is 5.91 Å². The van der Waals surface area contributed by atoms with Crippen molar-refractivity contribution in [2.75, 3.05) is 0 Å². The molecule has 122 valence electrons. The molecule has 0 spiro atoms. The van der Waals surface area contributed by atoms with Crippen LogP contribution in [-0.2, 0) is 6.42 Å². The monoisotopic (exact) mass is 386 g/mol. The Balaban J connectivity index is 1.67. The molecular weight excluding hydrogens is 372 g/mol. The molecule has 0 atom stereocenters. The second-order valence-electron chi connectivity index (χ2n) is 5.23. The zero-order valence-corrected chi connectivity index (χ0v) is 14.5. The molecule has 0 unspecified atom stereocenters. The van der Waals surface area contributed by atoms with Gasteiger partial charge in [0.05, 0.1) is 4.47 Å². The van der Waals surface area contributed by atoms with Crippen LogP contribution >= 0.6 is 15.9 Å². The number of nitrogens with one attached hydrogen (secondary N) is 2. The molecule has 0 saturated carbocycles. The third-order valence-corrected chi connectivity index (χ3v) is 4.26. The normalized spacial score (nSPS) is 10.6. The van der Waals surface area contributed by atoms with Crippen molar-refractivity contribution in [1.29, 1.82) is 0 Å². The molecule has 1 heterocycles. The molecule has 0 radical (unpaired) electrons. The SMILES string of the molecule is CCc1ccc(C(=O)NNC(=O)c2cc3cccc(Br)c3o2)cc1. The molecule has 2 N–H and O–H groups in total. The smallest absolute Gasteiger partial charge is 0.305 e. The van der Waals surface area contributed by atoms with Crippen LogP contribution in [0.3, 0.4) is 0 Å². The molecule has 2 amide bonds. The van der Waals surface area contributed by atoms with Crippen molar-refractivity contribution < 1.29 is 14.0 Å². The van der Waals surface area contributed by atoms with Crippen molar-refractivity contribution in [2.45, 2.75) is 13.3 Å². The van der Waals surface area contributed by atoms with Crippen LogP contribution in [0.5, 0.6) is 0 Å². The van der Waals surface area contributed by atoms with Gasteiger partial charge in [-0.1, -0.05) is 31.2 Å². The first-order valence-electron chi connectivity index (χ1n) is 7.46. The number of aryl methyl sites for hydroxylation is 1. The van der Waals surface area contributed by atoms with E-state index in [9.17, 15) is 9.59 Å². The average Bonchev–Trinajstić information content (AvgIpc) is 3.05. The first-order valence-corrected chi connectivity index (χ1v) is 8.25. The lowest BCUT2D eigenvalue weighted by molar-refractivity contribution is 0.0832. The molecule has 0 bridgehead atoms. The largest absolute Gasteiger partial charge is 0.450 e. The van der Waals surface area contributed by atoms with Crippen molar-refractivity contribution in [3.8, 4) is 0 Å². The summed E-state index contributed by atoms with van der Waals surface area (Å²) in [5.74, 6) is -0.779. The van der Waals surface area contributed by atoms with Crippen LogP contribution in [0.25, 0.3) is 11.0 Å². The maximum Gasteiger partial charge on any atom is 0.305 e. The molecule has 24 heavy (non-hydrogen) atoms. The van der Waals surface area contributed by atoms with Gasteiger partial charge in [-0.2, -0.15) is 0 Å². The van der Waals surface area contributed by atoms with E-state index in [1.807, 2.05) is 37.3 Å². The number of carbonyl (C=O) groups is 2. The summed E-state index contributed by atoms with van der Waals surface area (Å²) >= 11 is 3.37. The van der Waals surface area contributed by atoms with Gasteiger partial charge < -0.3 is 4.42 Å². The maximum atomic E-state index is 12.1. The van der Waals surface area contributed by atoms with Gasteiger partial charge in [-0.25, -0.2) is 0 Å². The molecule has 0 saturated heterocycles. The lowest BCUT2D eigenvalue weighted by Gasteiger charge is -2.06. The Morgan fingerprint density at radius 1 is 1.04 bits per heavy atom. The zero-order chi connectivity index (χ0) is 17.1. The zero-order valence-electron chi connectivity index (χ0n) is 12.9. The maximum absolute atomic E-state index is 12.1. The lowest BCUT2D eigenvalue weighted by atomic mass is 10.1. The van der Waals surface area contributed by atoms with Crippen LogP contribution in [0.4, 0.5) is 0 Å². The Labute approximate surface area is 147 Å². The van der Waals surface area contributed by atoms with Crippen molar-refractivity contribution >= 4 is 38.7 Å². The van der Waals surface area contributed by atoms with Crippen LogP contribution in [0.2, 0.25) is 0 Å². The van der Waals surface area contributed by atoms with E-state index in [0.29, 0.717) is 11.1 Å². The summed E-state index contributed by atoms with van der Waals surface area (Å²) in [5, 5.41) is 0.802. The minimum Gasteiger partial charge on any atom is -0.450 e. The molecule has 2 aromatic carbocycles. The third kappa shape index (κ3) is 3.33. The number of hydrazine groups is 1. The van der Waals surface area contributed by atoms with Crippen molar-refractivity contribution in [2.24, 2.45) is 0 Å². The van der Waals surface area contributed by atoms with Gasteiger partial charge >= 0.3 is 5.91 Å². The summed E-state index contributed by atoms with van der Waals surface area (Å²) in [6, 6.07) is 14.4. The summed E-state index contributed by atoms with van der Waals surface area (Å²) in [4.78, 5) is 24.2. The second-order valence-corrected chi connectivity index (χ2v) is 6.08.